The van der Waals surface area contributed by atoms with Crippen LogP contribution in [-0.4, -0.2) is 11.8 Å². The van der Waals surface area contributed by atoms with Gasteiger partial charge in [0.25, 0.3) is 0 Å². The molecule has 2 nitrogen and oxygen atoms in total. The Morgan fingerprint density at radius 3 is 2.12 bits per heavy atom. The molecular weight excluding hydrogens is 222 g/mol. The minimum atomic E-state index is -0.0220. The van der Waals surface area contributed by atoms with Gasteiger partial charge >= 0.3 is 0 Å². The lowest BCUT2D eigenvalue weighted by atomic mass is 9.98. The number of nitrogens with one attached hydrogen (secondary N) is 1. The standard InChI is InChI=1S/C13H18ClNO/c1-8-7-9(2)11(4)13(10(8)3)15-12(16)5-6-14/h7H,5-6H2,1-4H3,(H,15,16). The fraction of sp³-hybridized carbons (Fsp3) is 0.462. The van der Waals surface area contributed by atoms with Gasteiger partial charge in [0.2, 0.25) is 5.91 Å². The van der Waals surface area contributed by atoms with E-state index in [0.717, 1.165) is 16.8 Å². The highest BCUT2D eigenvalue weighted by Crippen LogP contribution is 2.26. The third-order valence-electron chi connectivity index (χ3n) is 2.95. The van der Waals surface area contributed by atoms with E-state index in [2.05, 4.69) is 25.2 Å². The van der Waals surface area contributed by atoms with E-state index in [-0.39, 0.29) is 5.91 Å². The number of rotatable bonds is 3. The number of alkyl halides is 1. The van der Waals surface area contributed by atoms with Crippen molar-refractivity contribution in [3.05, 3.63) is 28.3 Å². The summed E-state index contributed by atoms with van der Waals surface area (Å²) in [5.74, 6) is 0.334. The van der Waals surface area contributed by atoms with Crippen molar-refractivity contribution in [3.63, 3.8) is 0 Å². The lowest BCUT2D eigenvalue weighted by Crippen LogP contribution is -2.14. The normalized spacial score (nSPS) is 10.3. The Morgan fingerprint density at radius 2 is 1.69 bits per heavy atom. The summed E-state index contributed by atoms with van der Waals surface area (Å²) in [6.07, 6.45) is 0.355. The van der Waals surface area contributed by atoms with Crippen molar-refractivity contribution in [2.45, 2.75) is 34.1 Å². The van der Waals surface area contributed by atoms with Crippen molar-refractivity contribution < 1.29 is 4.79 Å². The number of anilines is 1. The molecule has 0 bridgehead atoms. The van der Waals surface area contributed by atoms with Crippen LogP contribution in [0.2, 0.25) is 0 Å². The van der Waals surface area contributed by atoms with Gasteiger partial charge in [0.15, 0.2) is 0 Å². The zero-order chi connectivity index (χ0) is 12.3. The van der Waals surface area contributed by atoms with Crippen molar-refractivity contribution in [2.24, 2.45) is 0 Å². The number of carbonyl (C=O) groups is 1. The molecule has 0 aliphatic carbocycles. The van der Waals surface area contributed by atoms with Gasteiger partial charge in [0.05, 0.1) is 0 Å². The molecule has 1 N–H and O–H groups in total. The molecule has 0 saturated heterocycles. The van der Waals surface area contributed by atoms with Gasteiger partial charge in [-0.25, -0.2) is 0 Å². The van der Waals surface area contributed by atoms with Gasteiger partial charge < -0.3 is 5.32 Å². The van der Waals surface area contributed by atoms with E-state index < -0.39 is 0 Å². The molecule has 1 aromatic carbocycles. The van der Waals surface area contributed by atoms with Crippen LogP contribution in [0, 0.1) is 27.7 Å². The van der Waals surface area contributed by atoms with Crippen LogP contribution in [0.3, 0.4) is 0 Å². The Morgan fingerprint density at radius 1 is 1.19 bits per heavy atom. The summed E-state index contributed by atoms with van der Waals surface area (Å²) in [6.45, 7) is 8.16. The van der Waals surface area contributed by atoms with Crippen molar-refractivity contribution in [1.82, 2.24) is 0 Å². The van der Waals surface area contributed by atoms with Crippen LogP contribution in [0.1, 0.15) is 28.7 Å². The summed E-state index contributed by atoms with van der Waals surface area (Å²) in [7, 11) is 0. The Labute approximate surface area is 102 Å². The number of aryl methyl sites for hydroxylation is 2. The van der Waals surface area contributed by atoms with Crippen LogP contribution in [0.4, 0.5) is 5.69 Å². The van der Waals surface area contributed by atoms with Crippen molar-refractivity contribution in [1.29, 1.82) is 0 Å². The van der Waals surface area contributed by atoms with Gasteiger partial charge in [0, 0.05) is 18.0 Å². The number of amides is 1. The summed E-state index contributed by atoms with van der Waals surface area (Å²) in [5.41, 5.74) is 5.60. The third kappa shape index (κ3) is 2.76. The highest BCUT2D eigenvalue weighted by Gasteiger charge is 2.10. The molecule has 0 atom stereocenters. The smallest absolute Gasteiger partial charge is 0.225 e. The predicted molar refractivity (Wildman–Crippen MR) is 69.4 cm³/mol. The van der Waals surface area contributed by atoms with E-state index in [9.17, 15) is 4.79 Å². The number of benzene rings is 1. The molecule has 0 aliphatic heterocycles. The minimum absolute atomic E-state index is 0.0220. The van der Waals surface area contributed by atoms with E-state index in [1.54, 1.807) is 0 Å². The first-order chi connectivity index (χ1) is 7.47. The number of hydrogen-bond donors (Lipinski definition) is 1. The topological polar surface area (TPSA) is 29.1 Å². The van der Waals surface area contributed by atoms with Crippen LogP contribution in [0.25, 0.3) is 0 Å². The van der Waals surface area contributed by atoms with E-state index in [4.69, 9.17) is 11.6 Å². The van der Waals surface area contributed by atoms with Crippen LogP contribution >= 0.6 is 11.6 Å². The van der Waals surface area contributed by atoms with Gasteiger partial charge in [-0.1, -0.05) is 6.07 Å². The molecule has 0 heterocycles. The molecule has 0 spiro atoms. The largest absolute Gasteiger partial charge is 0.326 e. The van der Waals surface area contributed by atoms with E-state index in [0.29, 0.717) is 12.3 Å². The van der Waals surface area contributed by atoms with Crippen LogP contribution in [0.5, 0.6) is 0 Å². The molecule has 3 heteroatoms. The van der Waals surface area contributed by atoms with E-state index in [1.807, 2.05) is 13.8 Å². The average molecular weight is 240 g/mol. The summed E-state index contributed by atoms with van der Waals surface area (Å²) < 4.78 is 0. The van der Waals surface area contributed by atoms with Crippen LogP contribution < -0.4 is 5.32 Å². The molecule has 0 unspecified atom stereocenters. The first-order valence-electron chi connectivity index (χ1n) is 5.40. The second-order valence-corrected chi connectivity index (χ2v) is 4.50. The number of hydrogen-bond acceptors (Lipinski definition) is 1. The Bertz CT molecular complexity index is 387. The number of carbonyl (C=O) groups excluding carboxylic acids is 1. The van der Waals surface area contributed by atoms with Crippen molar-refractivity contribution in [2.75, 3.05) is 11.2 Å². The third-order valence-corrected chi connectivity index (χ3v) is 3.14. The summed E-state index contributed by atoms with van der Waals surface area (Å²) in [5, 5.41) is 2.94. The quantitative estimate of drug-likeness (QED) is 0.804. The van der Waals surface area contributed by atoms with Crippen LogP contribution in [0.15, 0.2) is 6.07 Å². The van der Waals surface area contributed by atoms with E-state index in [1.165, 1.54) is 11.1 Å². The minimum Gasteiger partial charge on any atom is -0.326 e. The molecule has 0 radical (unpaired) electrons. The van der Waals surface area contributed by atoms with Gasteiger partial charge in [-0.15, -0.1) is 11.6 Å². The maximum Gasteiger partial charge on any atom is 0.225 e. The maximum atomic E-state index is 11.5. The fourth-order valence-electron chi connectivity index (χ4n) is 1.69. The molecular formula is C13H18ClNO. The van der Waals surface area contributed by atoms with Gasteiger partial charge in [-0.3, -0.25) is 4.79 Å². The molecule has 1 aromatic rings. The maximum absolute atomic E-state index is 11.5. The Hall–Kier alpha value is -1.02. The SMILES string of the molecule is Cc1cc(C)c(C)c(NC(=O)CCCl)c1C. The number of halogens is 1. The zero-order valence-corrected chi connectivity index (χ0v) is 11.0. The van der Waals surface area contributed by atoms with Gasteiger partial charge in [-0.05, 0) is 49.9 Å². The van der Waals surface area contributed by atoms with Crippen molar-refractivity contribution in [3.8, 4) is 0 Å². The lowest BCUT2D eigenvalue weighted by molar-refractivity contribution is -0.115. The highest BCUT2D eigenvalue weighted by molar-refractivity contribution is 6.19. The molecule has 0 aliphatic rings. The Balaban J connectivity index is 3.07. The van der Waals surface area contributed by atoms with Gasteiger partial charge in [0.1, 0.15) is 0 Å². The lowest BCUT2D eigenvalue weighted by Gasteiger charge is -2.15. The molecule has 88 valence electrons. The average Bonchev–Trinajstić information content (AvgIpc) is 2.22. The monoisotopic (exact) mass is 239 g/mol. The summed E-state index contributed by atoms with van der Waals surface area (Å²) in [4.78, 5) is 11.5. The molecule has 0 saturated carbocycles. The summed E-state index contributed by atoms with van der Waals surface area (Å²) >= 11 is 5.54. The van der Waals surface area contributed by atoms with Crippen molar-refractivity contribution >= 4 is 23.2 Å². The molecule has 0 fully saturated rings. The van der Waals surface area contributed by atoms with Gasteiger partial charge in [-0.2, -0.15) is 0 Å². The molecule has 16 heavy (non-hydrogen) atoms. The first kappa shape index (κ1) is 13.0. The first-order valence-corrected chi connectivity index (χ1v) is 5.94. The fourth-order valence-corrected chi connectivity index (χ4v) is 1.86. The van der Waals surface area contributed by atoms with E-state index >= 15 is 0 Å². The highest BCUT2D eigenvalue weighted by atomic mass is 35.5. The zero-order valence-electron chi connectivity index (χ0n) is 10.3. The molecule has 1 amide bonds. The van der Waals surface area contributed by atoms with Crippen LogP contribution in [-0.2, 0) is 4.79 Å². The predicted octanol–water partition coefficient (Wildman–Crippen LogP) is 3.49. The Kier molecular flexibility index (Phi) is 4.36. The second kappa shape index (κ2) is 5.35. The second-order valence-electron chi connectivity index (χ2n) is 4.12. The molecule has 0 aromatic heterocycles. The molecule has 1 rings (SSSR count). The summed E-state index contributed by atoms with van der Waals surface area (Å²) in [6, 6.07) is 2.14.